The van der Waals surface area contributed by atoms with E-state index in [1.165, 1.54) is 7.11 Å². The van der Waals surface area contributed by atoms with Crippen molar-refractivity contribution in [2.24, 2.45) is 0 Å². The first-order valence-corrected chi connectivity index (χ1v) is 6.57. The summed E-state index contributed by atoms with van der Waals surface area (Å²) in [5.74, 6) is 0. The minimum Gasteiger partial charge on any atom is -0.387 e. The van der Waals surface area contributed by atoms with Crippen LogP contribution >= 0.6 is 0 Å². The highest BCUT2D eigenvalue weighted by atomic mass is 16.7. The number of rotatable bonds is 2. The average Bonchev–Trinajstić information content (AvgIpc) is 2.51. The molecule has 20 heavy (non-hydrogen) atoms. The standard InChI is InChI=1S/C14H18O6/c1-17-14-11(16)10(15)12-9(19-14)7-18-13(20-12)8-5-3-2-4-6-8/h2-6,9-16H,7H2,1H3/t9-,10+,11+,12-,13?,14-/m0/s1. The van der Waals surface area contributed by atoms with E-state index in [1.54, 1.807) is 0 Å². The van der Waals surface area contributed by atoms with Crippen LogP contribution in [-0.2, 0) is 18.9 Å². The SMILES string of the molecule is CO[C@H]1O[C@H]2COC(c3ccccc3)O[C@@H]2[C@H](O)[C@H]1O. The van der Waals surface area contributed by atoms with Gasteiger partial charge in [0, 0.05) is 12.7 Å². The highest BCUT2D eigenvalue weighted by Gasteiger charge is 2.48. The molecule has 3 rings (SSSR count). The van der Waals surface area contributed by atoms with Gasteiger partial charge >= 0.3 is 0 Å². The topological polar surface area (TPSA) is 77.4 Å². The Morgan fingerprint density at radius 2 is 1.85 bits per heavy atom. The zero-order valence-corrected chi connectivity index (χ0v) is 11.1. The molecule has 2 aliphatic heterocycles. The van der Waals surface area contributed by atoms with Crippen LogP contribution in [0.5, 0.6) is 0 Å². The first kappa shape index (κ1) is 13.9. The van der Waals surface area contributed by atoms with Crippen LogP contribution in [0.3, 0.4) is 0 Å². The first-order valence-electron chi connectivity index (χ1n) is 6.57. The second kappa shape index (κ2) is 5.77. The van der Waals surface area contributed by atoms with Crippen LogP contribution in [0.15, 0.2) is 30.3 Å². The number of fused-ring (bicyclic) bond motifs is 1. The molecule has 0 aliphatic carbocycles. The lowest BCUT2D eigenvalue weighted by Gasteiger charge is -2.45. The molecule has 0 amide bonds. The van der Waals surface area contributed by atoms with Gasteiger partial charge in [0.2, 0.25) is 0 Å². The van der Waals surface area contributed by atoms with Gasteiger partial charge in [-0.15, -0.1) is 0 Å². The molecule has 0 spiro atoms. The number of hydrogen-bond acceptors (Lipinski definition) is 6. The van der Waals surface area contributed by atoms with Crippen LogP contribution in [0, 0.1) is 0 Å². The highest BCUT2D eigenvalue weighted by Crippen LogP contribution is 2.33. The fourth-order valence-electron chi connectivity index (χ4n) is 2.55. The van der Waals surface area contributed by atoms with E-state index >= 15 is 0 Å². The Balaban J connectivity index is 1.74. The molecule has 6 nitrogen and oxygen atoms in total. The Hall–Kier alpha value is -1.02. The molecule has 2 N–H and O–H groups in total. The lowest BCUT2D eigenvalue weighted by molar-refractivity contribution is -0.358. The van der Waals surface area contributed by atoms with Crippen molar-refractivity contribution in [3.8, 4) is 0 Å². The van der Waals surface area contributed by atoms with Crippen molar-refractivity contribution in [2.45, 2.75) is 37.0 Å². The van der Waals surface area contributed by atoms with E-state index in [0.717, 1.165) is 5.56 Å². The van der Waals surface area contributed by atoms with Crippen LogP contribution in [0.4, 0.5) is 0 Å². The Labute approximate surface area is 116 Å². The van der Waals surface area contributed by atoms with E-state index in [-0.39, 0.29) is 6.61 Å². The number of ether oxygens (including phenoxy) is 4. The lowest BCUT2D eigenvalue weighted by Crippen LogP contribution is -2.62. The number of hydrogen-bond donors (Lipinski definition) is 2. The number of benzene rings is 1. The minimum absolute atomic E-state index is 0.272. The molecule has 1 unspecified atom stereocenters. The molecule has 0 aromatic heterocycles. The van der Waals surface area contributed by atoms with E-state index in [2.05, 4.69) is 0 Å². The zero-order valence-electron chi connectivity index (χ0n) is 11.1. The fraction of sp³-hybridized carbons (Fsp3) is 0.571. The molecule has 2 saturated heterocycles. The van der Waals surface area contributed by atoms with Crippen LogP contribution in [0.2, 0.25) is 0 Å². The summed E-state index contributed by atoms with van der Waals surface area (Å²) in [5.41, 5.74) is 0.863. The Bertz CT molecular complexity index is 437. The third-order valence-corrected chi connectivity index (χ3v) is 3.64. The van der Waals surface area contributed by atoms with Crippen molar-refractivity contribution in [3.05, 3.63) is 35.9 Å². The predicted octanol–water partition coefficient (Wildman–Crippen LogP) is 0.194. The number of aliphatic hydroxyl groups is 2. The van der Waals surface area contributed by atoms with Crippen molar-refractivity contribution in [1.29, 1.82) is 0 Å². The summed E-state index contributed by atoms with van der Waals surface area (Å²) in [6.45, 7) is 0.272. The van der Waals surface area contributed by atoms with Crippen LogP contribution in [-0.4, -0.2) is 54.6 Å². The van der Waals surface area contributed by atoms with Crippen molar-refractivity contribution >= 4 is 0 Å². The summed E-state index contributed by atoms with van der Waals surface area (Å²) in [4.78, 5) is 0. The molecule has 2 fully saturated rings. The maximum absolute atomic E-state index is 10.1. The third kappa shape index (κ3) is 2.46. The molecule has 2 heterocycles. The van der Waals surface area contributed by atoms with Gasteiger partial charge < -0.3 is 29.2 Å². The van der Waals surface area contributed by atoms with Crippen LogP contribution < -0.4 is 0 Å². The first-order chi connectivity index (χ1) is 9.70. The molecule has 6 atom stereocenters. The minimum atomic E-state index is -1.14. The Kier molecular flexibility index (Phi) is 4.02. The zero-order chi connectivity index (χ0) is 14.1. The summed E-state index contributed by atoms with van der Waals surface area (Å²) >= 11 is 0. The summed E-state index contributed by atoms with van der Waals surface area (Å²) in [7, 11) is 1.41. The van der Waals surface area contributed by atoms with Crippen LogP contribution in [0.25, 0.3) is 0 Å². The smallest absolute Gasteiger partial charge is 0.186 e. The van der Waals surface area contributed by atoms with Crippen LogP contribution in [0.1, 0.15) is 11.9 Å². The van der Waals surface area contributed by atoms with Gasteiger partial charge in [-0.2, -0.15) is 0 Å². The largest absolute Gasteiger partial charge is 0.387 e. The summed E-state index contributed by atoms with van der Waals surface area (Å²) in [6.07, 6.45) is -4.76. The van der Waals surface area contributed by atoms with Crippen molar-refractivity contribution in [2.75, 3.05) is 13.7 Å². The van der Waals surface area contributed by atoms with Gasteiger partial charge in [0.05, 0.1) is 6.61 Å². The van der Waals surface area contributed by atoms with Gasteiger partial charge in [-0.25, -0.2) is 0 Å². The second-order valence-corrected chi connectivity index (χ2v) is 4.94. The molecule has 110 valence electrons. The van der Waals surface area contributed by atoms with Gasteiger partial charge in [0.15, 0.2) is 12.6 Å². The Morgan fingerprint density at radius 1 is 1.10 bits per heavy atom. The van der Waals surface area contributed by atoms with Crippen molar-refractivity contribution in [3.63, 3.8) is 0 Å². The summed E-state index contributed by atoms with van der Waals surface area (Å²) < 4.78 is 21.9. The monoisotopic (exact) mass is 282 g/mol. The molecule has 0 saturated carbocycles. The second-order valence-electron chi connectivity index (χ2n) is 4.94. The maximum atomic E-state index is 10.1. The molecular weight excluding hydrogens is 264 g/mol. The highest BCUT2D eigenvalue weighted by molar-refractivity contribution is 5.16. The number of methoxy groups -OCH3 is 1. The van der Waals surface area contributed by atoms with Gasteiger partial charge in [0.25, 0.3) is 0 Å². The van der Waals surface area contributed by atoms with Gasteiger partial charge in [-0.3, -0.25) is 0 Å². The Morgan fingerprint density at radius 3 is 2.55 bits per heavy atom. The fourth-order valence-corrected chi connectivity index (χ4v) is 2.55. The molecule has 0 radical (unpaired) electrons. The van der Waals surface area contributed by atoms with Crippen molar-refractivity contribution in [1.82, 2.24) is 0 Å². The van der Waals surface area contributed by atoms with Gasteiger partial charge in [0.1, 0.15) is 24.4 Å². The van der Waals surface area contributed by atoms with E-state index in [0.29, 0.717) is 0 Å². The van der Waals surface area contributed by atoms with Crippen molar-refractivity contribution < 1.29 is 29.2 Å². The quantitative estimate of drug-likeness (QED) is 0.806. The number of aliphatic hydroxyl groups excluding tert-OH is 2. The average molecular weight is 282 g/mol. The molecule has 1 aromatic carbocycles. The molecule has 2 aliphatic rings. The third-order valence-electron chi connectivity index (χ3n) is 3.64. The molecule has 6 heteroatoms. The lowest BCUT2D eigenvalue weighted by atomic mass is 9.98. The normalized spacial score (nSPS) is 41.1. The molecule has 1 aromatic rings. The van der Waals surface area contributed by atoms with Gasteiger partial charge in [-0.1, -0.05) is 30.3 Å². The van der Waals surface area contributed by atoms with E-state index in [4.69, 9.17) is 18.9 Å². The summed E-state index contributed by atoms with van der Waals surface area (Å²) in [5, 5.41) is 20.1. The van der Waals surface area contributed by atoms with E-state index in [9.17, 15) is 10.2 Å². The van der Waals surface area contributed by atoms with E-state index < -0.39 is 37.0 Å². The predicted molar refractivity (Wildman–Crippen MR) is 67.7 cm³/mol. The summed E-state index contributed by atoms with van der Waals surface area (Å²) in [6, 6.07) is 9.45. The van der Waals surface area contributed by atoms with Gasteiger partial charge in [-0.05, 0) is 0 Å². The molecule has 0 bridgehead atoms. The van der Waals surface area contributed by atoms with E-state index in [1.807, 2.05) is 30.3 Å². The molecular formula is C14H18O6. The maximum Gasteiger partial charge on any atom is 0.186 e.